The standard InChI is InChI=1S/C25H48N8O8/c1-24(36)10-38-22(17(35)20(24)31-2)41-19-14(33-23(30)25(37)5-6-25)7-13(28)18(16(19)34)40-21-12(27)4-3-11(39-21)9-32-15(29)8-26/h11-14,16-22,31,34-37H,3-10,26-28H2,1-2H3,(H2,29,32)(H2,30,33)/t11-,12+,13-,14+,16-,17+,18+,19-,20+,21+,22+,24-/m0/s1. The topological polar surface area (TPSA) is 285 Å². The summed E-state index contributed by atoms with van der Waals surface area (Å²) in [7, 11) is 1.60. The van der Waals surface area contributed by atoms with E-state index in [9.17, 15) is 20.4 Å². The van der Waals surface area contributed by atoms with Crippen LogP contribution in [0.2, 0.25) is 0 Å². The summed E-state index contributed by atoms with van der Waals surface area (Å²) in [5.41, 5.74) is 27.6. The Morgan fingerprint density at radius 2 is 1.71 bits per heavy atom. The summed E-state index contributed by atoms with van der Waals surface area (Å²) >= 11 is 0. The second-order valence-corrected chi connectivity index (χ2v) is 11.9. The fraction of sp³-hybridized carbons (Fsp3) is 0.920. The number of hydrogen-bond donors (Lipinski definition) is 10. The largest absolute Gasteiger partial charge is 0.388 e. The predicted octanol–water partition coefficient (Wildman–Crippen LogP) is -4.70. The minimum absolute atomic E-state index is 0.0220. The van der Waals surface area contributed by atoms with Gasteiger partial charge in [0.15, 0.2) is 12.6 Å². The Morgan fingerprint density at radius 1 is 1.02 bits per heavy atom. The van der Waals surface area contributed by atoms with Crippen LogP contribution < -0.4 is 34.0 Å². The van der Waals surface area contributed by atoms with Crippen molar-refractivity contribution in [3.8, 4) is 0 Å². The van der Waals surface area contributed by atoms with Gasteiger partial charge in [0, 0.05) is 6.04 Å². The first-order valence-corrected chi connectivity index (χ1v) is 14.2. The van der Waals surface area contributed by atoms with Crippen molar-refractivity contribution in [2.75, 3.05) is 26.7 Å². The molecule has 41 heavy (non-hydrogen) atoms. The quantitative estimate of drug-likeness (QED) is 0.0848. The third kappa shape index (κ3) is 7.34. The van der Waals surface area contributed by atoms with Gasteiger partial charge in [-0.3, -0.25) is 9.98 Å². The summed E-state index contributed by atoms with van der Waals surface area (Å²) in [6.07, 6.45) is -4.86. The van der Waals surface area contributed by atoms with Crippen molar-refractivity contribution in [3.63, 3.8) is 0 Å². The maximum absolute atomic E-state index is 11.6. The van der Waals surface area contributed by atoms with Gasteiger partial charge in [0.1, 0.15) is 47.3 Å². The zero-order valence-corrected chi connectivity index (χ0v) is 23.7. The molecule has 0 amide bonds. The molecule has 2 aliphatic carbocycles. The normalized spacial score (nSPS) is 45.4. The van der Waals surface area contributed by atoms with Gasteiger partial charge in [0.25, 0.3) is 0 Å². The molecule has 0 bridgehead atoms. The monoisotopic (exact) mass is 588 g/mol. The second kappa shape index (κ2) is 13.0. The van der Waals surface area contributed by atoms with Crippen molar-refractivity contribution in [2.45, 2.75) is 117 Å². The summed E-state index contributed by atoms with van der Waals surface area (Å²) in [5.74, 6) is 0.329. The van der Waals surface area contributed by atoms with E-state index in [0.29, 0.717) is 31.5 Å². The molecule has 0 unspecified atom stereocenters. The fourth-order valence-corrected chi connectivity index (χ4v) is 5.67. The highest BCUT2D eigenvalue weighted by atomic mass is 16.7. The lowest BCUT2D eigenvalue weighted by Gasteiger charge is -2.48. The van der Waals surface area contributed by atoms with Crippen molar-refractivity contribution in [2.24, 2.45) is 38.7 Å². The number of nitrogens with zero attached hydrogens (tertiary/aromatic N) is 2. The number of amidine groups is 2. The average molecular weight is 589 g/mol. The van der Waals surface area contributed by atoms with Crippen LogP contribution in [0.25, 0.3) is 0 Å². The van der Waals surface area contributed by atoms with Crippen LogP contribution in [-0.2, 0) is 18.9 Å². The molecule has 2 aliphatic heterocycles. The van der Waals surface area contributed by atoms with E-state index in [-0.39, 0.29) is 38.1 Å². The molecule has 4 aliphatic rings. The van der Waals surface area contributed by atoms with E-state index in [1.54, 1.807) is 7.05 Å². The second-order valence-electron chi connectivity index (χ2n) is 11.9. The molecule has 16 heteroatoms. The number of rotatable bonds is 10. The Morgan fingerprint density at radius 3 is 2.34 bits per heavy atom. The third-order valence-corrected chi connectivity index (χ3v) is 8.42. The lowest BCUT2D eigenvalue weighted by molar-refractivity contribution is -0.306. The van der Waals surface area contributed by atoms with Crippen LogP contribution in [0.3, 0.4) is 0 Å². The van der Waals surface area contributed by atoms with Gasteiger partial charge in [-0.05, 0) is 46.1 Å². The molecule has 0 spiro atoms. The van der Waals surface area contributed by atoms with Crippen molar-refractivity contribution in [1.82, 2.24) is 5.32 Å². The van der Waals surface area contributed by atoms with Gasteiger partial charge >= 0.3 is 0 Å². The van der Waals surface area contributed by atoms with Gasteiger partial charge in [0.2, 0.25) is 0 Å². The molecule has 4 fully saturated rings. The van der Waals surface area contributed by atoms with Gasteiger partial charge in [0.05, 0.1) is 43.9 Å². The molecule has 12 atom stereocenters. The Kier molecular flexibility index (Phi) is 10.3. The van der Waals surface area contributed by atoms with Crippen LogP contribution in [0.1, 0.15) is 39.0 Å². The highest BCUT2D eigenvalue weighted by Gasteiger charge is 2.52. The molecular weight excluding hydrogens is 540 g/mol. The molecule has 2 saturated carbocycles. The first-order chi connectivity index (χ1) is 19.3. The number of hydrogen-bond acceptors (Lipinski definition) is 14. The zero-order chi connectivity index (χ0) is 30.1. The first kappa shape index (κ1) is 32.4. The Balaban J connectivity index is 1.53. The SMILES string of the molecule is CN[C@@H]1[C@@H](O)[C@@H](O[C@@H]2[C@@H](O)[C@H](O[C@H]3O[C@H](CN=C(N)CN)CC[C@H]3N)[C@@H](N)C[C@H]2N=C(N)C2(O)CC2)OC[C@]1(C)O. The van der Waals surface area contributed by atoms with Crippen molar-refractivity contribution >= 4 is 11.7 Å². The van der Waals surface area contributed by atoms with Crippen LogP contribution in [0, 0.1) is 0 Å². The number of ether oxygens (including phenoxy) is 4. The minimum atomic E-state index is -1.37. The molecule has 4 rings (SSSR count). The number of aliphatic hydroxyl groups excluding tert-OH is 2. The summed E-state index contributed by atoms with van der Waals surface area (Å²) in [6, 6.07) is -2.79. The number of nitrogens with one attached hydrogen (secondary N) is 1. The lowest BCUT2D eigenvalue weighted by Crippen LogP contribution is -2.67. The zero-order valence-electron chi connectivity index (χ0n) is 23.7. The molecule has 0 aromatic heterocycles. The van der Waals surface area contributed by atoms with Gasteiger partial charge in [-0.1, -0.05) is 0 Å². The van der Waals surface area contributed by atoms with E-state index < -0.39 is 72.4 Å². The van der Waals surface area contributed by atoms with E-state index in [4.69, 9.17) is 47.6 Å². The van der Waals surface area contributed by atoms with Crippen LogP contribution >= 0.6 is 0 Å². The van der Waals surface area contributed by atoms with E-state index in [1.807, 2.05) is 0 Å². The van der Waals surface area contributed by atoms with Gasteiger partial charge in [-0.25, -0.2) is 0 Å². The molecule has 2 heterocycles. The summed E-state index contributed by atoms with van der Waals surface area (Å²) in [6.45, 7) is 1.81. The van der Waals surface area contributed by atoms with Gasteiger partial charge in [-0.2, -0.15) is 0 Å². The maximum Gasteiger partial charge on any atom is 0.185 e. The number of aliphatic hydroxyl groups is 4. The van der Waals surface area contributed by atoms with E-state index in [0.717, 1.165) is 0 Å². The summed E-state index contributed by atoms with van der Waals surface area (Å²) in [4.78, 5) is 8.72. The van der Waals surface area contributed by atoms with Crippen molar-refractivity contribution < 1.29 is 39.4 Å². The molecule has 2 saturated heterocycles. The Bertz CT molecular complexity index is 953. The van der Waals surface area contributed by atoms with Crippen LogP contribution in [0.4, 0.5) is 0 Å². The maximum atomic E-state index is 11.6. The molecule has 0 aromatic rings. The Labute approximate surface area is 239 Å². The smallest absolute Gasteiger partial charge is 0.185 e. The highest BCUT2D eigenvalue weighted by Crippen LogP contribution is 2.37. The molecule has 0 radical (unpaired) electrons. The van der Waals surface area contributed by atoms with Gasteiger partial charge in [-0.15, -0.1) is 0 Å². The molecule has 16 nitrogen and oxygen atoms in total. The number of likely N-dealkylation sites (N-methyl/N-ethyl adjacent to an activating group) is 1. The third-order valence-electron chi connectivity index (χ3n) is 8.42. The molecular formula is C25H48N8O8. The van der Waals surface area contributed by atoms with Crippen LogP contribution in [0.15, 0.2) is 9.98 Å². The predicted molar refractivity (Wildman–Crippen MR) is 149 cm³/mol. The van der Waals surface area contributed by atoms with E-state index >= 15 is 0 Å². The van der Waals surface area contributed by atoms with Crippen molar-refractivity contribution in [3.05, 3.63) is 0 Å². The average Bonchev–Trinajstić information content (AvgIpc) is 3.68. The first-order valence-electron chi connectivity index (χ1n) is 14.2. The van der Waals surface area contributed by atoms with Crippen LogP contribution in [-0.4, -0.2) is 137 Å². The number of nitrogens with two attached hydrogens (primary N) is 5. The minimum Gasteiger partial charge on any atom is -0.388 e. The number of aliphatic imine (C=N–C) groups is 2. The lowest BCUT2D eigenvalue weighted by atomic mass is 9.83. The van der Waals surface area contributed by atoms with Crippen molar-refractivity contribution in [1.29, 1.82) is 0 Å². The Hall–Kier alpha value is -1.54. The highest BCUT2D eigenvalue weighted by molar-refractivity contribution is 5.91. The summed E-state index contributed by atoms with van der Waals surface area (Å²) < 4.78 is 24.1. The van der Waals surface area contributed by atoms with Gasteiger partial charge < -0.3 is 73.4 Å². The van der Waals surface area contributed by atoms with E-state index in [2.05, 4.69) is 15.3 Å². The molecule has 15 N–H and O–H groups in total. The fourth-order valence-electron chi connectivity index (χ4n) is 5.67. The van der Waals surface area contributed by atoms with Crippen LogP contribution in [0.5, 0.6) is 0 Å². The molecule has 236 valence electrons. The summed E-state index contributed by atoms with van der Waals surface area (Å²) in [5, 5.41) is 46.6. The molecule has 0 aromatic carbocycles. The van der Waals surface area contributed by atoms with E-state index in [1.165, 1.54) is 6.92 Å².